The molecule has 2 rings (SSSR count). The summed E-state index contributed by atoms with van der Waals surface area (Å²) in [4.78, 5) is 46.0. The maximum Gasteiger partial charge on any atom is 0.387 e. The smallest absolute Gasteiger partial charge is 0.387 e. The van der Waals surface area contributed by atoms with Gasteiger partial charge in [0.15, 0.2) is 17.3 Å². The summed E-state index contributed by atoms with van der Waals surface area (Å²) in [6.45, 7) is -3.18. The molecule has 0 unspecified atom stereocenters. The van der Waals surface area contributed by atoms with Crippen LogP contribution in [0.15, 0.2) is 18.2 Å². The van der Waals surface area contributed by atoms with Gasteiger partial charge in [0.1, 0.15) is 11.7 Å². The summed E-state index contributed by atoms with van der Waals surface area (Å²) in [7, 11) is 0. The Morgan fingerprint density at radius 2 is 1.87 bits per heavy atom. The van der Waals surface area contributed by atoms with E-state index >= 15 is 0 Å². The third-order valence-corrected chi connectivity index (χ3v) is 3.41. The van der Waals surface area contributed by atoms with Crippen molar-refractivity contribution in [3.05, 3.63) is 33.9 Å². The fourth-order valence-corrected chi connectivity index (χ4v) is 2.40. The van der Waals surface area contributed by atoms with Crippen LogP contribution in [0.3, 0.4) is 0 Å². The molecule has 1 aromatic carbocycles. The summed E-state index contributed by atoms with van der Waals surface area (Å²) in [6, 6.07) is 2.52. The third-order valence-electron chi connectivity index (χ3n) is 3.41. The first-order valence-electron chi connectivity index (χ1n) is 6.64. The molecule has 1 aliphatic rings. The maximum atomic E-state index is 12.3. The lowest BCUT2D eigenvalue weighted by Gasteiger charge is -2.18. The van der Waals surface area contributed by atoms with Crippen LogP contribution in [-0.4, -0.2) is 28.9 Å². The van der Waals surface area contributed by atoms with Crippen LogP contribution in [0.1, 0.15) is 29.6 Å². The molecule has 0 aliphatic heterocycles. The van der Waals surface area contributed by atoms with Crippen molar-refractivity contribution in [1.82, 2.24) is 0 Å². The molecule has 0 radical (unpaired) electrons. The average Bonchev–Trinajstić information content (AvgIpc) is 2.46. The van der Waals surface area contributed by atoms with Gasteiger partial charge < -0.3 is 4.74 Å². The SMILES string of the molecule is O=C1CCCC(=O)C1C(=O)c1ccc(OC(F)F)cc1[N+](=O)[O-]. The van der Waals surface area contributed by atoms with Crippen molar-refractivity contribution in [2.75, 3.05) is 0 Å². The Labute approximate surface area is 128 Å². The minimum Gasteiger partial charge on any atom is -0.435 e. The minimum atomic E-state index is -3.18. The van der Waals surface area contributed by atoms with E-state index in [4.69, 9.17) is 0 Å². The lowest BCUT2D eigenvalue weighted by atomic mass is 9.81. The number of rotatable bonds is 5. The minimum absolute atomic E-state index is 0.0442. The molecular formula is C14H11F2NO6. The van der Waals surface area contributed by atoms with E-state index in [0.29, 0.717) is 12.5 Å². The number of nitro benzene ring substituents is 1. The Hall–Kier alpha value is -2.71. The second-order valence-corrected chi connectivity index (χ2v) is 4.90. The van der Waals surface area contributed by atoms with E-state index in [1.165, 1.54) is 0 Å². The highest BCUT2D eigenvalue weighted by atomic mass is 19.3. The quantitative estimate of drug-likeness (QED) is 0.356. The van der Waals surface area contributed by atoms with Gasteiger partial charge in [0, 0.05) is 12.8 Å². The number of hydrogen-bond acceptors (Lipinski definition) is 6. The molecule has 7 nitrogen and oxygen atoms in total. The topological polar surface area (TPSA) is 104 Å². The number of halogens is 2. The van der Waals surface area contributed by atoms with Crippen LogP contribution < -0.4 is 4.74 Å². The van der Waals surface area contributed by atoms with E-state index in [0.717, 1.165) is 12.1 Å². The molecule has 0 heterocycles. The lowest BCUT2D eigenvalue weighted by molar-refractivity contribution is -0.385. The first-order valence-corrected chi connectivity index (χ1v) is 6.64. The van der Waals surface area contributed by atoms with E-state index in [1.807, 2.05) is 0 Å². The number of Topliss-reactive ketones (excluding diaryl/α,β-unsaturated/α-hetero) is 3. The first kappa shape index (κ1) is 16.7. The van der Waals surface area contributed by atoms with Crippen molar-refractivity contribution in [3.63, 3.8) is 0 Å². The normalized spacial score (nSPS) is 15.8. The second-order valence-electron chi connectivity index (χ2n) is 4.90. The zero-order chi connectivity index (χ0) is 17.1. The molecule has 0 spiro atoms. The molecule has 0 amide bonds. The van der Waals surface area contributed by atoms with Crippen molar-refractivity contribution >= 4 is 23.0 Å². The molecule has 1 aliphatic carbocycles. The summed E-state index contributed by atoms with van der Waals surface area (Å²) in [5.41, 5.74) is -1.27. The Balaban J connectivity index is 2.41. The number of alkyl halides is 2. The predicted octanol–water partition coefficient (Wildman–Crippen LogP) is 2.32. The number of ether oxygens (including phenoxy) is 1. The second kappa shape index (κ2) is 6.59. The molecule has 23 heavy (non-hydrogen) atoms. The number of hydrogen-bond donors (Lipinski definition) is 0. The summed E-state index contributed by atoms with van der Waals surface area (Å²) >= 11 is 0. The molecular weight excluding hydrogens is 316 g/mol. The lowest BCUT2D eigenvalue weighted by Crippen LogP contribution is -2.35. The van der Waals surface area contributed by atoms with Gasteiger partial charge in [-0.1, -0.05) is 0 Å². The molecule has 1 saturated carbocycles. The van der Waals surface area contributed by atoms with Gasteiger partial charge in [-0.2, -0.15) is 8.78 Å². The first-order chi connectivity index (χ1) is 10.8. The van der Waals surface area contributed by atoms with Crippen LogP contribution in [0.25, 0.3) is 0 Å². The number of nitro groups is 1. The molecule has 1 aromatic rings. The van der Waals surface area contributed by atoms with Gasteiger partial charge >= 0.3 is 6.61 Å². The molecule has 0 saturated heterocycles. The predicted molar refractivity (Wildman–Crippen MR) is 71.4 cm³/mol. The van der Waals surface area contributed by atoms with E-state index < -0.39 is 51.8 Å². The standard InChI is InChI=1S/C14H11F2NO6/c15-14(16)23-7-4-5-8(9(6-7)17(21)22)13(20)12-10(18)2-1-3-11(12)19/h4-6,12,14H,1-3H2. The molecule has 0 aromatic heterocycles. The Morgan fingerprint density at radius 1 is 1.26 bits per heavy atom. The highest BCUT2D eigenvalue weighted by Crippen LogP contribution is 2.30. The zero-order valence-electron chi connectivity index (χ0n) is 11.7. The van der Waals surface area contributed by atoms with Gasteiger partial charge in [-0.15, -0.1) is 0 Å². The van der Waals surface area contributed by atoms with Gasteiger partial charge in [-0.05, 0) is 18.6 Å². The van der Waals surface area contributed by atoms with Crippen molar-refractivity contribution in [1.29, 1.82) is 0 Å². The van der Waals surface area contributed by atoms with Crippen molar-refractivity contribution in [2.24, 2.45) is 5.92 Å². The summed E-state index contributed by atoms with van der Waals surface area (Å²) < 4.78 is 28.4. The fraction of sp³-hybridized carbons (Fsp3) is 0.357. The van der Waals surface area contributed by atoms with Crippen LogP contribution in [-0.2, 0) is 9.59 Å². The third kappa shape index (κ3) is 3.55. The Bertz CT molecular complexity index is 672. The van der Waals surface area contributed by atoms with Crippen LogP contribution in [0, 0.1) is 16.0 Å². The van der Waals surface area contributed by atoms with E-state index in [9.17, 15) is 33.3 Å². The molecule has 9 heteroatoms. The van der Waals surface area contributed by atoms with E-state index in [2.05, 4.69) is 4.74 Å². The highest BCUT2D eigenvalue weighted by Gasteiger charge is 2.39. The van der Waals surface area contributed by atoms with Gasteiger partial charge in [0.2, 0.25) is 0 Å². The molecule has 122 valence electrons. The molecule has 0 bridgehead atoms. The van der Waals surface area contributed by atoms with E-state index in [1.54, 1.807) is 0 Å². The Morgan fingerprint density at radius 3 is 2.39 bits per heavy atom. The number of carbonyl (C=O) groups is 3. The van der Waals surface area contributed by atoms with Gasteiger partial charge in [0.25, 0.3) is 5.69 Å². The molecule has 1 fully saturated rings. The summed E-state index contributed by atoms with van der Waals surface area (Å²) in [5.74, 6) is -4.23. The van der Waals surface area contributed by atoms with Gasteiger partial charge in [-0.3, -0.25) is 24.5 Å². The van der Waals surface area contributed by atoms with E-state index in [-0.39, 0.29) is 12.8 Å². The maximum absolute atomic E-state index is 12.3. The highest BCUT2D eigenvalue weighted by molar-refractivity contribution is 6.26. The van der Waals surface area contributed by atoms with Crippen LogP contribution in [0.4, 0.5) is 14.5 Å². The number of carbonyl (C=O) groups excluding carboxylic acids is 3. The average molecular weight is 327 g/mol. The van der Waals surface area contributed by atoms with Gasteiger partial charge in [-0.25, -0.2) is 0 Å². The fourth-order valence-electron chi connectivity index (χ4n) is 2.40. The van der Waals surface area contributed by atoms with Crippen LogP contribution in [0.2, 0.25) is 0 Å². The van der Waals surface area contributed by atoms with Crippen molar-refractivity contribution < 1.29 is 32.8 Å². The monoisotopic (exact) mass is 327 g/mol. The molecule has 0 N–H and O–H groups in total. The van der Waals surface area contributed by atoms with Crippen LogP contribution in [0.5, 0.6) is 5.75 Å². The Kier molecular flexibility index (Phi) is 4.77. The summed E-state index contributed by atoms with van der Waals surface area (Å²) in [6.07, 6.45) is 0.426. The number of nitrogens with zero attached hydrogens (tertiary/aromatic N) is 1. The number of benzene rings is 1. The van der Waals surface area contributed by atoms with Crippen molar-refractivity contribution in [3.8, 4) is 5.75 Å². The number of ketones is 3. The zero-order valence-corrected chi connectivity index (χ0v) is 11.7. The summed E-state index contributed by atoms with van der Waals surface area (Å²) in [5, 5.41) is 11.1. The largest absolute Gasteiger partial charge is 0.435 e. The van der Waals surface area contributed by atoms with Crippen LogP contribution >= 0.6 is 0 Å². The molecule has 0 atom stereocenters. The van der Waals surface area contributed by atoms with Gasteiger partial charge in [0.05, 0.1) is 16.6 Å². The van der Waals surface area contributed by atoms with Crippen molar-refractivity contribution in [2.45, 2.75) is 25.9 Å².